The summed E-state index contributed by atoms with van der Waals surface area (Å²) in [6, 6.07) is 3.10. The lowest BCUT2D eigenvalue weighted by atomic mass is 9.89. The molecule has 1 aliphatic carbocycles. The highest BCUT2D eigenvalue weighted by molar-refractivity contribution is 5.10. The van der Waals surface area contributed by atoms with Gasteiger partial charge in [-0.2, -0.15) is 5.26 Å². The Hall–Kier alpha value is -0.590. The molecule has 0 aromatic rings. The Morgan fingerprint density at radius 1 is 1.21 bits per heavy atom. The zero-order chi connectivity index (χ0) is 9.86. The third-order valence-electron chi connectivity index (χ3n) is 3.51. The van der Waals surface area contributed by atoms with Crippen LogP contribution in [-0.4, -0.2) is 24.7 Å². The van der Waals surface area contributed by atoms with Crippen LogP contribution < -0.4 is 10.6 Å². The fourth-order valence-electron chi connectivity index (χ4n) is 2.60. The summed E-state index contributed by atoms with van der Waals surface area (Å²) in [4.78, 5) is 0. The van der Waals surface area contributed by atoms with Crippen LogP contribution in [-0.2, 0) is 0 Å². The lowest BCUT2D eigenvalue weighted by Crippen LogP contribution is -2.54. The number of rotatable bonds is 2. The second-order valence-electron chi connectivity index (χ2n) is 4.57. The second-order valence-corrected chi connectivity index (χ2v) is 4.57. The minimum Gasteiger partial charge on any atom is -0.317 e. The number of hydrogen-bond acceptors (Lipinski definition) is 3. The lowest BCUT2D eigenvalue weighted by molar-refractivity contribution is 0.279. The van der Waals surface area contributed by atoms with Crippen LogP contribution in [0.25, 0.3) is 0 Å². The fraction of sp³-hybridized carbons (Fsp3) is 0.909. The summed E-state index contributed by atoms with van der Waals surface area (Å²) >= 11 is 0. The van der Waals surface area contributed by atoms with E-state index >= 15 is 0 Å². The molecule has 2 fully saturated rings. The molecule has 0 spiro atoms. The van der Waals surface area contributed by atoms with Crippen LogP contribution in [0.2, 0.25) is 0 Å². The molecule has 2 rings (SSSR count). The van der Waals surface area contributed by atoms with E-state index in [1.807, 2.05) is 0 Å². The van der Waals surface area contributed by atoms with Crippen LogP contribution in [0.5, 0.6) is 0 Å². The first-order valence-corrected chi connectivity index (χ1v) is 5.74. The molecule has 2 N–H and O–H groups in total. The van der Waals surface area contributed by atoms with Gasteiger partial charge in [0.25, 0.3) is 0 Å². The van der Waals surface area contributed by atoms with Crippen molar-refractivity contribution in [3.63, 3.8) is 0 Å². The number of hydrogen-bond donors (Lipinski definition) is 2. The molecule has 14 heavy (non-hydrogen) atoms. The average molecular weight is 193 g/mol. The van der Waals surface area contributed by atoms with Crippen molar-refractivity contribution in [1.29, 1.82) is 5.26 Å². The van der Waals surface area contributed by atoms with Crippen LogP contribution in [0.1, 0.15) is 38.5 Å². The van der Waals surface area contributed by atoms with E-state index in [0.29, 0.717) is 6.04 Å². The average Bonchev–Trinajstić information content (AvgIpc) is 2.72. The van der Waals surface area contributed by atoms with E-state index in [9.17, 15) is 5.26 Å². The largest absolute Gasteiger partial charge is 0.317 e. The predicted octanol–water partition coefficient (Wildman–Crippen LogP) is 1.16. The SMILES string of the molecule is N#CC1(NC2CCCC2)CCNCC1. The molecule has 0 aromatic carbocycles. The quantitative estimate of drug-likeness (QED) is 0.692. The summed E-state index contributed by atoms with van der Waals surface area (Å²) in [7, 11) is 0. The fourth-order valence-corrected chi connectivity index (χ4v) is 2.60. The summed E-state index contributed by atoms with van der Waals surface area (Å²) in [5.41, 5.74) is -0.222. The monoisotopic (exact) mass is 193 g/mol. The highest BCUT2D eigenvalue weighted by Gasteiger charge is 2.34. The molecule has 1 heterocycles. The Morgan fingerprint density at radius 3 is 2.43 bits per heavy atom. The van der Waals surface area contributed by atoms with Crippen molar-refractivity contribution in [3.8, 4) is 6.07 Å². The molecule has 1 saturated carbocycles. The van der Waals surface area contributed by atoms with Crippen molar-refractivity contribution in [1.82, 2.24) is 10.6 Å². The van der Waals surface area contributed by atoms with E-state index in [1.54, 1.807) is 0 Å². The zero-order valence-corrected chi connectivity index (χ0v) is 8.68. The van der Waals surface area contributed by atoms with E-state index in [0.717, 1.165) is 25.9 Å². The molecule has 1 saturated heterocycles. The topological polar surface area (TPSA) is 47.9 Å². The normalized spacial score (nSPS) is 27.4. The van der Waals surface area contributed by atoms with E-state index in [2.05, 4.69) is 16.7 Å². The number of nitrogens with one attached hydrogen (secondary N) is 2. The molecule has 0 radical (unpaired) electrons. The molecule has 0 atom stereocenters. The summed E-state index contributed by atoms with van der Waals surface area (Å²) in [6.45, 7) is 1.96. The first kappa shape index (κ1) is 9.95. The maximum atomic E-state index is 9.26. The Kier molecular flexibility index (Phi) is 3.05. The van der Waals surface area contributed by atoms with Gasteiger partial charge in [-0.1, -0.05) is 12.8 Å². The van der Waals surface area contributed by atoms with E-state index in [1.165, 1.54) is 25.7 Å². The maximum absolute atomic E-state index is 9.26. The van der Waals surface area contributed by atoms with Crippen molar-refractivity contribution >= 4 is 0 Å². The van der Waals surface area contributed by atoms with Gasteiger partial charge in [-0.05, 0) is 38.8 Å². The first-order chi connectivity index (χ1) is 6.85. The second kappa shape index (κ2) is 4.29. The van der Waals surface area contributed by atoms with Crippen LogP contribution >= 0.6 is 0 Å². The van der Waals surface area contributed by atoms with E-state index in [-0.39, 0.29) is 5.54 Å². The smallest absolute Gasteiger partial charge is 0.109 e. The van der Waals surface area contributed by atoms with Gasteiger partial charge in [0.1, 0.15) is 5.54 Å². The zero-order valence-electron chi connectivity index (χ0n) is 8.68. The van der Waals surface area contributed by atoms with Crippen molar-refractivity contribution in [2.45, 2.75) is 50.1 Å². The minimum atomic E-state index is -0.222. The van der Waals surface area contributed by atoms with Crippen molar-refractivity contribution in [3.05, 3.63) is 0 Å². The molecule has 0 unspecified atom stereocenters. The standard InChI is InChI=1S/C11H19N3/c12-9-11(5-7-13-8-6-11)14-10-3-1-2-4-10/h10,13-14H,1-8H2. The van der Waals surface area contributed by atoms with Crippen molar-refractivity contribution in [2.75, 3.05) is 13.1 Å². The van der Waals surface area contributed by atoms with Gasteiger partial charge >= 0.3 is 0 Å². The summed E-state index contributed by atoms with van der Waals surface area (Å²) in [5.74, 6) is 0. The van der Waals surface area contributed by atoms with Crippen LogP contribution in [0.15, 0.2) is 0 Å². The van der Waals surface area contributed by atoms with E-state index in [4.69, 9.17) is 0 Å². The van der Waals surface area contributed by atoms with Gasteiger partial charge < -0.3 is 5.32 Å². The summed E-state index contributed by atoms with van der Waals surface area (Å²) in [6.07, 6.45) is 7.10. The third-order valence-corrected chi connectivity index (χ3v) is 3.51. The molecular formula is C11H19N3. The summed E-state index contributed by atoms with van der Waals surface area (Å²) in [5, 5.41) is 16.1. The molecule has 0 bridgehead atoms. The van der Waals surface area contributed by atoms with Gasteiger partial charge in [0.15, 0.2) is 0 Å². The van der Waals surface area contributed by atoms with Crippen LogP contribution in [0.4, 0.5) is 0 Å². The van der Waals surface area contributed by atoms with Gasteiger partial charge in [-0.25, -0.2) is 0 Å². The Balaban J connectivity index is 1.93. The molecule has 3 nitrogen and oxygen atoms in total. The van der Waals surface area contributed by atoms with Crippen molar-refractivity contribution < 1.29 is 0 Å². The number of piperidine rings is 1. The number of nitriles is 1. The highest BCUT2D eigenvalue weighted by atomic mass is 15.0. The Morgan fingerprint density at radius 2 is 1.86 bits per heavy atom. The Labute approximate surface area is 85.9 Å². The van der Waals surface area contributed by atoms with Gasteiger partial charge in [0.05, 0.1) is 6.07 Å². The van der Waals surface area contributed by atoms with Gasteiger partial charge in [0.2, 0.25) is 0 Å². The lowest BCUT2D eigenvalue weighted by Gasteiger charge is -2.34. The highest BCUT2D eigenvalue weighted by Crippen LogP contribution is 2.24. The molecule has 78 valence electrons. The molecular weight excluding hydrogens is 174 g/mol. The molecule has 0 aromatic heterocycles. The van der Waals surface area contributed by atoms with E-state index < -0.39 is 0 Å². The van der Waals surface area contributed by atoms with Crippen LogP contribution in [0.3, 0.4) is 0 Å². The molecule has 1 aliphatic heterocycles. The first-order valence-electron chi connectivity index (χ1n) is 5.74. The number of nitrogens with zero attached hydrogens (tertiary/aromatic N) is 1. The summed E-state index contributed by atoms with van der Waals surface area (Å²) < 4.78 is 0. The third kappa shape index (κ3) is 2.08. The minimum absolute atomic E-state index is 0.222. The van der Waals surface area contributed by atoms with Crippen LogP contribution in [0, 0.1) is 11.3 Å². The Bertz CT molecular complexity index is 219. The predicted molar refractivity (Wildman–Crippen MR) is 55.8 cm³/mol. The van der Waals surface area contributed by atoms with Crippen molar-refractivity contribution in [2.24, 2.45) is 0 Å². The maximum Gasteiger partial charge on any atom is 0.109 e. The van der Waals surface area contributed by atoms with Gasteiger partial charge in [0, 0.05) is 6.04 Å². The van der Waals surface area contributed by atoms with Gasteiger partial charge in [-0.15, -0.1) is 0 Å². The van der Waals surface area contributed by atoms with Gasteiger partial charge in [-0.3, -0.25) is 5.32 Å². The molecule has 3 heteroatoms. The molecule has 2 aliphatic rings. The molecule has 0 amide bonds.